The number of fused-ring (bicyclic) bond motifs is 1. The first kappa shape index (κ1) is 31.4. The van der Waals surface area contributed by atoms with Crippen LogP contribution in [0.15, 0.2) is 71.6 Å². The van der Waals surface area contributed by atoms with E-state index in [0.717, 1.165) is 50.0 Å². The predicted molar refractivity (Wildman–Crippen MR) is 169 cm³/mol. The molecule has 3 aromatic carbocycles. The Kier molecular flexibility index (Phi) is 9.69. The van der Waals surface area contributed by atoms with Crippen molar-refractivity contribution in [2.24, 2.45) is 0 Å². The molecule has 6 nitrogen and oxygen atoms in total. The summed E-state index contributed by atoms with van der Waals surface area (Å²) in [6.45, 7) is 9.31. The largest absolute Gasteiger partial charge is 0.349 e. The molecule has 2 atom stereocenters. The average Bonchev–Trinajstić information content (AvgIpc) is 2.97. The molecule has 0 aromatic heterocycles. The number of likely N-dealkylation sites (tertiary alicyclic amines) is 1. The summed E-state index contributed by atoms with van der Waals surface area (Å²) in [5.41, 5.74) is 4.75. The van der Waals surface area contributed by atoms with Gasteiger partial charge in [0.05, 0.1) is 17.0 Å². The first-order valence-electron chi connectivity index (χ1n) is 15.5. The average molecular weight is 606 g/mol. The Hall–Kier alpha value is -3.07. The maximum atomic E-state index is 14.2. The summed E-state index contributed by atoms with van der Waals surface area (Å²) < 4.78 is 44.0. The molecule has 43 heavy (non-hydrogen) atoms. The molecule has 5 rings (SSSR count). The molecule has 230 valence electrons. The molecule has 1 aliphatic heterocycles. The van der Waals surface area contributed by atoms with E-state index in [0.29, 0.717) is 5.56 Å². The standard InChI is InChI=1S/C35H44FN3O3S/c1-35(2,3)28-12-9-14-30(22-28)43(41,42)38-33(27-11-7-13-29(36)21-27)23-34(40)37-32-15-8-10-26-20-25(16-17-31(26)32)24-39-18-5-4-6-19-39/h7,9,11-14,16-17,20-22,32-33,38H,4-6,8,10,15,18-19,23-24H2,1-3H3,(H,37,40)/t32-,33-/m1/s1. The van der Waals surface area contributed by atoms with Crippen molar-refractivity contribution in [3.05, 3.63) is 100 Å². The lowest BCUT2D eigenvalue weighted by Crippen LogP contribution is -2.36. The summed E-state index contributed by atoms with van der Waals surface area (Å²) >= 11 is 0. The summed E-state index contributed by atoms with van der Waals surface area (Å²) in [7, 11) is -4.00. The van der Waals surface area contributed by atoms with Gasteiger partial charge in [-0.2, -0.15) is 0 Å². The lowest BCUT2D eigenvalue weighted by molar-refractivity contribution is -0.122. The minimum Gasteiger partial charge on any atom is -0.349 e. The van der Waals surface area contributed by atoms with Gasteiger partial charge in [-0.15, -0.1) is 0 Å². The van der Waals surface area contributed by atoms with Crippen LogP contribution in [0.3, 0.4) is 0 Å². The van der Waals surface area contributed by atoms with Gasteiger partial charge in [0, 0.05) is 13.0 Å². The van der Waals surface area contributed by atoms with Gasteiger partial charge >= 0.3 is 0 Å². The second kappa shape index (κ2) is 13.3. The topological polar surface area (TPSA) is 78.5 Å². The summed E-state index contributed by atoms with van der Waals surface area (Å²) in [6, 6.07) is 18.1. The van der Waals surface area contributed by atoms with Crippen molar-refractivity contribution in [2.75, 3.05) is 13.1 Å². The van der Waals surface area contributed by atoms with Gasteiger partial charge in [0.15, 0.2) is 0 Å². The van der Waals surface area contributed by atoms with Crippen LogP contribution in [-0.4, -0.2) is 32.3 Å². The molecule has 0 unspecified atom stereocenters. The number of nitrogens with one attached hydrogen (secondary N) is 2. The molecule has 1 aliphatic carbocycles. The van der Waals surface area contributed by atoms with Crippen LogP contribution in [0.4, 0.5) is 4.39 Å². The fourth-order valence-electron chi connectivity index (χ4n) is 6.27. The third-order valence-corrected chi connectivity index (χ3v) is 10.1. The fourth-order valence-corrected chi connectivity index (χ4v) is 7.54. The zero-order chi connectivity index (χ0) is 30.6. The van der Waals surface area contributed by atoms with Crippen LogP contribution in [0, 0.1) is 5.82 Å². The molecule has 2 aliphatic rings. The number of nitrogens with zero attached hydrogens (tertiary/aromatic N) is 1. The highest BCUT2D eigenvalue weighted by molar-refractivity contribution is 7.89. The van der Waals surface area contributed by atoms with Crippen molar-refractivity contribution in [3.63, 3.8) is 0 Å². The van der Waals surface area contributed by atoms with Gasteiger partial charge in [-0.1, -0.05) is 69.7 Å². The second-order valence-corrected chi connectivity index (χ2v) is 14.8. The van der Waals surface area contributed by atoms with E-state index in [-0.39, 0.29) is 28.7 Å². The highest BCUT2D eigenvalue weighted by atomic mass is 32.2. The van der Waals surface area contributed by atoms with Gasteiger partial charge in [-0.25, -0.2) is 17.5 Å². The van der Waals surface area contributed by atoms with E-state index >= 15 is 0 Å². The maximum Gasteiger partial charge on any atom is 0.241 e. The zero-order valence-corrected chi connectivity index (χ0v) is 26.4. The number of benzene rings is 3. The van der Waals surface area contributed by atoms with Crippen LogP contribution < -0.4 is 10.0 Å². The third-order valence-electron chi connectivity index (χ3n) is 8.66. The van der Waals surface area contributed by atoms with Gasteiger partial charge < -0.3 is 5.32 Å². The Morgan fingerprint density at radius 2 is 1.74 bits per heavy atom. The Balaban J connectivity index is 1.32. The number of carbonyl (C=O) groups excluding carboxylic acids is 1. The van der Waals surface area contributed by atoms with Crippen LogP contribution in [-0.2, 0) is 33.2 Å². The summed E-state index contributed by atoms with van der Waals surface area (Å²) in [5, 5.41) is 3.17. The van der Waals surface area contributed by atoms with Crippen LogP contribution in [0.5, 0.6) is 0 Å². The Morgan fingerprint density at radius 3 is 2.49 bits per heavy atom. The summed E-state index contributed by atoms with van der Waals surface area (Å²) in [5.74, 6) is -0.769. The number of rotatable bonds is 9. The number of amides is 1. The number of halogens is 1. The van der Waals surface area contributed by atoms with E-state index in [1.165, 1.54) is 48.6 Å². The van der Waals surface area contributed by atoms with E-state index in [4.69, 9.17) is 0 Å². The molecule has 3 aromatic rings. The molecular formula is C35H44FN3O3S. The molecule has 8 heteroatoms. The van der Waals surface area contributed by atoms with Crippen LogP contribution in [0.1, 0.15) is 99.2 Å². The number of hydrogen-bond acceptors (Lipinski definition) is 4. The van der Waals surface area contributed by atoms with Gasteiger partial charge in [0.1, 0.15) is 5.82 Å². The normalized spacial score (nSPS) is 18.6. The van der Waals surface area contributed by atoms with Gasteiger partial charge in [-0.3, -0.25) is 9.69 Å². The van der Waals surface area contributed by atoms with Crippen LogP contribution in [0.25, 0.3) is 0 Å². The van der Waals surface area contributed by atoms with E-state index in [2.05, 4.69) is 33.1 Å². The minimum absolute atomic E-state index is 0.114. The van der Waals surface area contributed by atoms with Gasteiger partial charge in [0.25, 0.3) is 0 Å². The van der Waals surface area contributed by atoms with Crippen molar-refractivity contribution in [1.29, 1.82) is 0 Å². The maximum absolute atomic E-state index is 14.2. The van der Waals surface area contributed by atoms with E-state index in [1.54, 1.807) is 24.3 Å². The Labute approximate surface area is 256 Å². The number of piperidine rings is 1. The number of aryl methyl sites for hydroxylation is 1. The predicted octanol–water partition coefficient (Wildman–Crippen LogP) is 6.71. The molecule has 2 N–H and O–H groups in total. The van der Waals surface area contributed by atoms with E-state index in [1.807, 2.05) is 26.8 Å². The molecule has 0 saturated carbocycles. The monoisotopic (exact) mass is 605 g/mol. The first-order chi connectivity index (χ1) is 20.5. The Morgan fingerprint density at radius 1 is 0.977 bits per heavy atom. The zero-order valence-electron chi connectivity index (χ0n) is 25.5. The molecule has 1 amide bonds. The summed E-state index contributed by atoms with van der Waals surface area (Å²) in [6.07, 6.45) is 6.45. The van der Waals surface area contributed by atoms with Crippen LogP contribution >= 0.6 is 0 Å². The highest BCUT2D eigenvalue weighted by Gasteiger charge is 2.28. The smallest absolute Gasteiger partial charge is 0.241 e. The second-order valence-electron chi connectivity index (χ2n) is 13.1. The molecule has 1 saturated heterocycles. The molecule has 0 bridgehead atoms. The van der Waals surface area contributed by atoms with Crippen molar-refractivity contribution in [1.82, 2.24) is 14.9 Å². The van der Waals surface area contributed by atoms with E-state index in [9.17, 15) is 17.6 Å². The quantitative estimate of drug-likeness (QED) is 0.284. The number of sulfonamides is 1. The van der Waals surface area contributed by atoms with E-state index < -0.39 is 21.9 Å². The van der Waals surface area contributed by atoms with Crippen molar-refractivity contribution in [3.8, 4) is 0 Å². The fraction of sp³-hybridized carbons (Fsp3) is 0.457. The molecule has 1 fully saturated rings. The molecule has 0 spiro atoms. The van der Waals surface area contributed by atoms with Crippen molar-refractivity contribution >= 4 is 15.9 Å². The van der Waals surface area contributed by atoms with Crippen molar-refractivity contribution < 1.29 is 17.6 Å². The minimum atomic E-state index is -4.00. The summed E-state index contributed by atoms with van der Waals surface area (Å²) in [4.78, 5) is 16.1. The Bertz CT molecular complexity index is 1540. The third kappa shape index (κ3) is 8.11. The van der Waals surface area contributed by atoms with Crippen LogP contribution in [0.2, 0.25) is 0 Å². The lowest BCUT2D eigenvalue weighted by atomic mass is 9.86. The van der Waals surface area contributed by atoms with Gasteiger partial charge in [-0.05, 0) is 103 Å². The van der Waals surface area contributed by atoms with Crippen molar-refractivity contribution in [2.45, 2.75) is 94.7 Å². The number of hydrogen-bond donors (Lipinski definition) is 2. The first-order valence-corrected chi connectivity index (χ1v) is 17.0. The molecule has 1 heterocycles. The SMILES string of the molecule is CC(C)(C)c1cccc(S(=O)(=O)N[C@H](CC(=O)N[C@@H]2CCCc3cc(CN4CCCCC4)ccc32)c2cccc(F)c2)c1. The van der Waals surface area contributed by atoms with Gasteiger partial charge in [0.2, 0.25) is 15.9 Å². The lowest BCUT2D eigenvalue weighted by Gasteiger charge is -2.29. The molecular weight excluding hydrogens is 561 g/mol. The number of carbonyl (C=O) groups is 1. The highest BCUT2D eigenvalue weighted by Crippen LogP contribution is 2.32. The molecule has 0 radical (unpaired) electrons.